The molecule has 0 saturated carbocycles. The molecule has 0 atom stereocenters. The molecule has 70 valence electrons. The second-order valence-electron chi connectivity index (χ2n) is 3.74. The zero-order valence-electron chi connectivity index (χ0n) is 8.27. The molecule has 0 saturated heterocycles. The number of nitrogens with one attached hydrogen (secondary N) is 1. The molecule has 0 amide bonds. The Balaban J connectivity index is 2.12. The summed E-state index contributed by atoms with van der Waals surface area (Å²) in [6, 6.07) is 6.92. The SMILES string of the molecule is CCNCc1ccc2c(c1)CCC2. The summed E-state index contributed by atoms with van der Waals surface area (Å²) in [5.74, 6) is 0. The lowest BCUT2D eigenvalue weighted by Crippen LogP contribution is -2.11. The second kappa shape index (κ2) is 3.93. The van der Waals surface area contributed by atoms with Gasteiger partial charge in [-0.25, -0.2) is 0 Å². The maximum Gasteiger partial charge on any atom is 0.0205 e. The van der Waals surface area contributed by atoms with Gasteiger partial charge in [-0.2, -0.15) is 0 Å². The average molecular weight is 175 g/mol. The minimum Gasteiger partial charge on any atom is -0.313 e. The van der Waals surface area contributed by atoms with Crippen molar-refractivity contribution in [3.8, 4) is 0 Å². The van der Waals surface area contributed by atoms with Crippen molar-refractivity contribution >= 4 is 0 Å². The van der Waals surface area contributed by atoms with E-state index in [9.17, 15) is 0 Å². The van der Waals surface area contributed by atoms with Crippen molar-refractivity contribution in [1.82, 2.24) is 5.32 Å². The first-order valence-electron chi connectivity index (χ1n) is 5.21. The number of rotatable bonds is 3. The lowest BCUT2D eigenvalue weighted by Gasteiger charge is -2.04. The van der Waals surface area contributed by atoms with Crippen LogP contribution in [0.25, 0.3) is 0 Å². The third kappa shape index (κ3) is 1.92. The molecule has 0 aromatic heterocycles. The molecule has 0 unspecified atom stereocenters. The van der Waals surface area contributed by atoms with Gasteiger partial charge in [0.05, 0.1) is 0 Å². The van der Waals surface area contributed by atoms with Gasteiger partial charge in [0.15, 0.2) is 0 Å². The van der Waals surface area contributed by atoms with Gasteiger partial charge in [0.1, 0.15) is 0 Å². The molecule has 1 nitrogen and oxygen atoms in total. The predicted molar refractivity (Wildman–Crippen MR) is 55.8 cm³/mol. The van der Waals surface area contributed by atoms with Gasteiger partial charge in [-0.1, -0.05) is 25.1 Å². The lowest BCUT2D eigenvalue weighted by atomic mass is 10.1. The van der Waals surface area contributed by atoms with Gasteiger partial charge in [0.25, 0.3) is 0 Å². The van der Waals surface area contributed by atoms with E-state index in [1.165, 1.54) is 24.8 Å². The average Bonchev–Trinajstić information content (AvgIpc) is 2.61. The second-order valence-corrected chi connectivity index (χ2v) is 3.74. The summed E-state index contributed by atoms with van der Waals surface area (Å²) >= 11 is 0. The highest BCUT2D eigenvalue weighted by molar-refractivity contribution is 5.35. The van der Waals surface area contributed by atoms with E-state index >= 15 is 0 Å². The van der Waals surface area contributed by atoms with Crippen LogP contribution in [0.5, 0.6) is 0 Å². The molecule has 0 spiro atoms. The largest absolute Gasteiger partial charge is 0.313 e. The Bertz CT molecular complexity index is 291. The van der Waals surface area contributed by atoms with Gasteiger partial charge < -0.3 is 5.32 Å². The van der Waals surface area contributed by atoms with Gasteiger partial charge in [0.2, 0.25) is 0 Å². The van der Waals surface area contributed by atoms with Crippen molar-refractivity contribution in [2.75, 3.05) is 6.54 Å². The maximum atomic E-state index is 3.36. The first-order chi connectivity index (χ1) is 6.40. The van der Waals surface area contributed by atoms with E-state index in [1.807, 2.05) is 0 Å². The summed E-state index contributed by atoms with van der Waals surface area (Å²) in [6.45, 7) is 4.22. The molecule has 1 heteroatoms. The fourth-order valence-corrected chi connectivity index (χ4v) is 2.00. The molecule has 0 fully saturated rings. The first-order valence-corrected chi connectivity index (χ1v) is 5.21. The molecule has 1 aliphatic carbocycles. The quantitative estimate of drug-likeness (QED) is 0.743. The Morgan fingerprint density at radius 3 is 2.92 bits per heavy atom. The van der Waals surface area contributed by atoms with Crippen LogP contribution in [0.4, 0.5) is 0 Å². The smallest absolute Gasteiger partial charge is 0.0205 e. The summed E-state index contributed by atoms with van der Waals surface area (Å²) in [5, 5.41) is 3.36. The van der Waals surface area contributed by atoms with Crippen LogP contribution in [0.2, 0.25) is 0 Å². The van der Waals surface area contributed by atoms with E-state index in [0.29, 0.717) is 0 Å². The van der Waals surface area contributed by atoms with Gasteiger partial charge in [-0.05, 0) is 42.5 Å². The summed E-state index contributed by atoms with van der Waals surface area (Å²) in [6.07, 6.45) is 3.92. The van der Waals surface area contributed by atoms with Crippen LogP contribution < -0.4 is 5.32 Å². The topological polar surface area (TPSA) is 12.0 Å². The monoisotopic (exact) mass is 175 g/mol. The molecule has 1 aliphatic rings. The highest BCUT2D eigenvalue weighted by Crippen LogP contribution is 2.22. The van der Waals surface area contributed by atoms with Crippen LogP contribution in [-0.2, 0) is 19.4 Å². The number of hydrogen-bond donors (Lipinski definition) is 1. The molecule has 1 N–H and O–H groups in total. The highest BCUT2D eigenvalue weighted by atomic mass is 14.8. The highest BCUT2D eigenvalue weighted by Gasteiger charge is 2.09. The Hall–Kier alpha value is -0.820. The lowest BCUT2D eigenvalue weighted by molar-refractivity contribution is 0.726. The third-order valence-corrected chi connectivity index (χ3v) is 2.74. The number of aryl methyl sites for hydroxylation is 2. The summed E-state index contributed by atoms with van der Waals surface area (Å²) in [5.41, 5.74) is 4.58. The molecular weight excluding hydrogens is 158 g/mol. The van der Waals surface area contributed by atoms with Crippen LogP contribution in [-0.4, -0.2) is 6.54 Å². The van der Waals surface area contributed by atoms with E-state index in [4.69, 9.17) is 0 Å². The standard InChI is InChI=1S/C12H17N/c1-2-13-9-10-6-7-11-4-3-5-12(11)8-10/h6-8,13H,2-5,9H2,1H3. The molecular formula is C12H17N. The Kier molecular flexibility index (Phi) is 2.65. The molecule has 0 heterocycles. The van der Waals surface area contributed by atoms with Crippen LogP contribution in [0, 0.1) is 0 Å². The molecule has 1 aromatic rings. The number of fused-ring (bicyclic) bond motifs is 1. The Morgan fingerprint density at radius 1 is 1.23 bits per heavy atom. The number of benzene rings is 1. The van der Waals surface area contributed by atoms with E-state index in [0.717, 1.165) is 13.1 Å². The number of hydrogen-bond acceptors (Lipinski definition) is 1. The minimum absolute atomic E-state index is 1.02. The van der Waals surface area contributed by atoms with Crippen molar-refractivity contribution in [2.45, 2.75) is 32.7 Å². The summed E-state index contributed by atoms with van der Waals surface area (Å²) < 4.78 is 0. The molecule has 0 aliphatic heterocycles. The zero-order chi connectivity index (χ0) is 9.10. The van der Waals surface area contributed by atoms with Gasteiger partial charge in [-0.15, -0.1) is 0 Å². The Morgan fingerprint density at radius 2 is 2.08 bits per heavy atom. The van der Waals surface area contributed by atoms with E-state index in [1.54, 1.807) is 11.1 Å². The molecule has 1 aromatic carbocycles. The zero-order valence-corrected chi connectivity index (χ0v) is 8.27. The van der Waals surface area contributed by atoms with Gasteiger partial charge in [0, 0.05) is 6.54 Å². The fourth-order valence-electron chi connectivity index (χ4n) is 2.00. The van der Waals surface area contributed by atoms with Crippen LogP contribution >= 0.6 is 0 Å². The molecule has 0 bridgehead atoms. The van der Waals surface area contributed by atoms with Crippen molar-refractivity contribution < 1.29 is 0 Å². The van der Waals surface area contributed by atoms with Crippen molar-refractivity contribution in [3.63, 3.8) is 0 Å². The van der Waals surface area contributed by atoms with E-state index < -0.39 is 0 Å². The van der Waals surface area contributed by atoms with Crippen LogP contribution in [0.15, 0.2) is 18.2 Å². The Labute approximate surface area is 80.2 Å². The molecule has 13 heavy (non-hydrogen) atoms. The minimum atomic E-state index is 1.02. The first kappa shape index (κ1) is 8.76. The van der Waals surface area contributed by atoms with Crippen LogP contribution in [0.1, 0.15) is 30.0 Å². The van der Waals surface area contributed by atoms with E-state index in [-0.39, 0.29) is 0 Å². The molecule has 0 radical (unpaired) electrons. The van der Waals surface area contributed by atoms with Crippen molar-refractivity contribution in [2.24, 2.45) is 0 Å². The summed E-state index contributed by atoms with van der Waals surface area (Å²) in [4.78, 5) is 0. The van der Waals surface area contributed by atoms with Crippen LogP contribution in [0.3, 0.4) is 0 Å². The van der Waals surface area contributed by atoms with Crippen molar-refractivity contribution in [1.29, 1.82) is 0 Å². The fraction of sp³-hybridized carbons (Fsp3) is 0.500. The third-order valence-electron chi connectivity index (χ3n) is 2.74. The normalized spacial score (nSPS) is 14.5. The molecule has 2 rings (SSSR count). The maximum absolute atomic E-state index is 3.36. The van der Waals surface area contributed by atoms with Gasteiger partial charge in [-0.3, -0.25) is 0 Å². The predicted octanol–water partition coefficient (Wildman–Crippen LogP) is 2.28. The van der Waals surface area contributed by atoms with Crippen molar-refractivity contribution in [3.05, 3.63) is 34.9 Å². The summed E-state index contributed by atoms with van der Waals surface area (Å²) in [7, 11) is 0. The van der Waals surface area contributed by atoms with Gasteiger partial charge >= 0.3 is 0 Å². The van der Waals surface area contributed by atoms with E-state index in [2.05, 4.69) is 30.4 Å².